The molecular formula is C47H47NO. The highest BCUT2D eigenvalue weighted by Gasteiger charge is 2.65. The average molecular weight is 642 g/mol. The number of benzene rings is 5. The fourth-order valence-electron chi connectivity index (χ4n) is 11.6. The summed E-state index contributed by atoms with van der Waals surface area (Å²) in [5.41, 5.74) is 12.3. The molecule has 1 aliphatic heterocycles. The zero-order chi connectivity index (χ0) is 33.1. The summed E-state index contributed by atoms with van der Waals surface area (Å²) in [6, 6.07) is 43.3. The van der Waals surface area contributed by atoms with Gasteiger partial charge in [-0.15, -0.1) is 0 Å². The number of fused-ring (bicyclic) bond motifs is 3. The molecule has 5 aliphatic carbocycles. The van der Waals surface area contributed by atoms with E-state index < -0.39 is 0 Å². The first-order chi connectivity index (χ1) is 23.7. The first-order valence-corrected chi connectivity index (χ1v) is 18.8. The first-order valence-electron chi connectivity index (χ1n) is 18.8. The molecular weight excluding hydrogens is 595 g/mol. The predicted molar refractivity (Wildman–Crippen MR) is 202 cm³/mol. The van der Waals surface area contributed by atoms with E-state index in [4.69, 9.17) is 4.74 Å². The van der Waals surface area contributed by atoms with Crippen LogP contribution < -0.4 is 9.64 Å². The second kappa shape index (κ2) is 10.4. The molecule has 5 aromatic carbocycles. The Kier molecular flexibility index (Phi) is 6.26. The van der Waals surface area contributed by atoms with Crippen LogP contribution in [0.4, 0.5) is 17.1 Å². The molecule has 1 spiro atoms. The van der Waals surface area contributed by atoms with Crippen molar-refractivity contribution in [3.05, 3.63) is 138 Å². The van der Waals surface area contributed by atoms with Gasteiger partial charge in [0.2, 0.25) is 0 Å². The molecule has 6 aliphatic rings. The van der Waals surface area contributed by atoms with Crippen LogP contribution in [-0.4, -0.2) is 0 Å². The summed E-state index contributed by atoms with van der Waals surface area (Å²) in [5.74, 6) is 5.25. The SMILES string of the molecule is CC1(C)CCC(C)(C)c2c(N(c3ccc(-c4ccccc4)cc3)c3ccc4c(c3)C3(c5ccccc5O4)C4CC5CC(C4)C3C5)cccc21. The number of para-hydroxylation sites is 1. The zero-order valence-corrected chi connectivity index (χ0v) is 29.4. The molecule has 49 heavy (non-hydrogen) atoms. The van der Waals surface area contributed by atoms with Crippen LogP contribution in [0.1, 0.15) is 88.5 Å². The van der Waals surface area contributed by atoms with Gasteiger partial charge in [-0.25, -0.2) is 0 Å². The number of ether oxygens (including phenoxy) is 1. The Bertz CT molecular complexity index is 2090. The Morgan fingerprint density at radius 3 is 2.08 bits per heavy atom. The van der Waals surface area contributed by atoms with Crippen LogP contribution in [0.5, 0.6) is 11.5 Å². The van der Waals surface area contributed by atoms with Crippen LogP contribution in [0.2, 0.25) is 0 Å². The molecule has 4 bridgehead atoms. The van der Waals surface area contributed by atoms with Crippen LogP contribution in [0, 0.1) is 23.7 Å². The van der Waals surface area contributed by atoms with Crippen LogP contribution >= 0.6 is 0 Å². The minimum absolute atomic E-state index is 0.0259. The molecule has 4 saturated carbocycles. The van der Waals surface area contributed by atoms with Crippen molar-refractivity contribution in [2.45, 2.75) is 82.5 Å². The minimum atomic E-state index is 0.0259. The van der Waals surface area contributed by atoms with Crippen molar-refractivity contribution in [3.8, 4) is 22.6 Å². The smallest absolute Gasteiger partial charge is 0.131 e. The van der Waals surface area contributed by atoms with Gasteiger partial charge in [0.25, 0.3) is 0 Å². The Balaban J connectivity index is 1.20. The summed E-state index contributed by atoms with van der Waals surface area (Å²) in [7, 11) is 0. The lowest BCUT2D eigenvalue weighted by molar-refractivity contribution is 0.173. The summed E-state index contributed by atoms with van der Waals surface area (Å²) in [4.78, 5) is 2.58. The number of rotatable bonds is 4. The van der Waals surface area contributed by atoms with Crippen molar-refractivity contribution >= 4 is 17.1 Å². The van der Waals surface area contributed by atoms with E-state index in [2.05, 4.69) is 148 Å². The molecule has 5 atom stereocenters. The summed E-state index contributed by atoms with van der Waals surface area (Å²) < 4.78 is 6.82. The second-order valence-corrected chi connectivity index (χ2v) is 17.2. The van der Waals surface area contributed by atoms with Gasteiger partial charge in [-0.05, 0) is 138 Å². The maximum atomic E-state index is 6.82. The third-order valence-corrected chi connectivity index (χ3v) is 13.7. The molecule has 0 amide bonds. The van der Waals surface area contributed by atoms with Crippen molar-refractivity contribution in [2.75, 3.05) is 4.90 Å². The van der Waals surface area contributed by atoms with Crippen molar-refractivity contribution < 1.29 is 4.74 Å². The summed E-state index contributed by atoms with van der Waals surface area (Å²) in [6.07, 6.45) is 7.87. The van der Waals surface area contributed by atoms with Gasteiger partial charge in [-0.1, -0.05) is 100 Å². The molecule has 11 rings (SSSR count). The van der Waals surface area contributed by atoms with Crippen molar-refractivity contribution in [3.63, 3.8) is 0 Å². The van der Waals surface area contributed by atoms with E-state index >= 15 is 0 Å². The standard InChI is InChI=1S/C47H47NO/c1-45(2)23-24-46(3,4)44-38(45)14-10-15-41(44)48(35-19-17-32(18-20-35)31-11-6-5-7-12-31)36-21-22-43-40(29-36)47(37-13-8-9-16-42(37)49-43)34-26-30-25-33(28-34)39(47)27-30/h5-22,29-30,33-34,39H,23-28H2,1-4H3. The molecule has 2 nitrogen and oxygen atoms in total. The Morgan fingerprint density at radius 1 is 0.571 bits per heavy atom. The highest BCUT2D eigenvalue weighted by Crippen LogP contribution is 2.72. The van der Waals surface area contributed by atoms with Crippen LogP contribution in [-0.2, 0) is 16.2 Å². The lowest BCUT2D eigenvalue weighted by atomic mass is 9.56. The fraction of sp³-hybridized carbons (Fsp3) is 0.362. The van der Waals surface area contributed by atoms with E-state index in [0.29, 0.717) is 11.8 Å². The molecule has 0 aromatic heterocycles. The average Bonchev–Trinajstić information content (AvgIpc) is 3.53. The van der Waals surface area contributed by atoms with Gasteiger partial charge in [0.1, 0.15) is 11.5 Å². The summed E-state index contributed by atoms with van der Waals surface area (Å²) >= 11 is 0. The number of hydrogen-bond donors (Lipinski definition) is 0. The summed E-state index contributed by atoms with van der Waals surface area (Å²) in [6.45, 7) is 9.79. The van der Waals surface area contributed by atoms with Crippen LogP contribution in [0.25, 0.3) is 11.1 Å². The monoisotopic (exact) mass is 641 g/mol. The molecule has 0 N–H and O–H groups in total. The first kappa shape index (κ1) is 29.6. The normalized spacial score (nSPS) is 27.7. The zero-order valence-electron chi connectivity index (χ0n) is 29.4. The maximum Gasteiger partial charge on any atom is 0.131 e. The van der Waals surface area contributed by atoms with E-state index in [9.17, 15) is 0 Å². The Hall–Kier alpha value is -4.30. The molecule has 1 heterocycles. The largest absolute Gasteiger partial charge is 0.457 e. The van der Waals surface area contributed by atoms with Crippen molar-refractivity contribution in [2.24, 2.45) is 23.7 Å². The lowest BCUT2D eigenvalue weighted by Crippen LogP contribution is -2.44. The molecule has 4 fully saturated rings. The molecule has 5 aromatic rings. The van der Waals surface area contributed by atoms with E-state index in [-0.39, 0.29) is 16.2 Å². The Labute approximate surface area is 292 Å². The quantitative estimate of drug-likeness (QED) is 0.194. The third-order valence-electron chi connectivity index (χ3n) is 13.7. The van der Waals surface area contributed by atoms with Crippen LogP contribution in [0.3, 0.4) is 0 Å². The third kappa shape index (κ3) is 4.19. The van der Waals surface area contributed by atoms with E-state index in [1.165, 1.54) is 89.0 Å². The number of hydrogen-bond acceptors (Lipinski definition) is 2. The molecule has 5 unspecified atom stereocenters. The Morgan fingerprint density at radius 2 is 1.27 bits per heavy atom. The van der Waals surface area contributed by atoms with E-state index in [0.717, 1.165) is 23.3 Å². The predicted octanol–water partition coefficient (Wildman–Crippen LogP) is 12.6. The van der Waals surface area contributed by atoms with Gasteiger partial charge < -0.3 is 9.64 Å². The molecule has 0 saturated heterocycles. The fourth-order valence-corrected chi connectivity index (χ4v) is 11.6. The van der Waals surface area contributed by atoms with Crippen molar-refractivity contribution in [1.82, 2.24) is 0 Å². The van der Waals surface area contributed by atoms with Gasteiger partial charge in [0, 0.05) is 27.9 Å². The minimum Gasteiger partial charge on any atom is -0.457 e. The highest BCUT2D eigenvalue weighted by molar-refractivity contribution is 5.83. The number of nitrogens with zero attached hydrogens (tertiary/aromatic N) is 1. The second-order valence-electron chi connectivity index (χ2n) is 17.2. The van der Waals surface area contributed by atoms with E-state index in [1.54, 1.807) is 0 Å². The lowest BCUT2D eigenvalue weighted by Gasteiger charge is -2.49. The van der Waals surface area contributed by atoms with Gasteiger partial charge in [0.15, 0.2) is 0 Å². The van der Waals surface area contributed by atoms with Gasteiger partial charge in [-0.3, -0.25) is 0 Å². The summed E-state index contributed by atoms with van der Waals surface area (Å²) in [5, 5.41) is 0. The maximum absolute atomic E-state index is 6.82. The molecule has 2 heteroatoms. The van der Waals surface area contributed by atoms with Gasteiger partial charge in [-0.2, -0.15) is 0 Å². The number of anilines is 3. The topological polar surface area (TPSA) is 12.5 Å². The van der Waals surface area contributed by atoms with Gasteiger partial charge in [0.05, 0.1) is 5.69 Å². The molecule has 246 valence electrons. The van der Waals surface area contributed by atoms with Gasteiger partial charge >= 0.3 is 0 Å². The highest BCUT2D eigenvalue weighted by atomic mass is 16.5. The molecule has 0 radical (unpaired) electrons. The van der Waals surface area contributed by atoms with E-state index in [1.807, 2.05) is 0 Å². The van der Waals surface area contributed by atoms with Crippen molar-refractivity contribution in [1.29, 1.82) is 0 Å². The van der Waals surface area contributed by atoms with Crippen LogP contribution in [0.15, 0.2) is 115 Å².